The molecule has 0 aliphatic carbocycles. The zero-order chi connectivity index (χ0) is 18.1. The van der Waals surface area contributed by atoms with Crippen molar-refractivity contribution in [3.8, 4) is 0 Å². The minimum absolute atomic E-state index is 0.124. The van der Waals surface area contributed by atoms with E-state index in [1.807, 2.05) is 42.5 Å². The molecule has 2 rings (SSSR count). The molecule has 130 valence electrons. The van der Waals surface area contributed by atoms with Gasteiger partial charge in [0.1, 0.15) is 0 Å². The van der Waals surface area contributed by atoms with Crippen LogP contribution in [0, 0.1) is 0 Å². The summed E-state index contributed by atoms with van der Waals surface area (Å²) in [5.41, 5.74) is 4.88. The number of nitrogens with zero attached hydrogens (tertiary/aromatic N) is 1. The summed E-state index contributed by atoms with van der Waals surface area (Å²) in [5.74, 6) is -0.374. The van der Waals surface area contributed by atoms with Crippen molar-refractivity contribution < 1.29 is 9.59 Å². The fourth-order valence-corrected chi connectivity index (χ4v) is 2.24. The molecule has 2 amide bonds. The zero-order valence-electron chi connectivity index (χ0n) is 14.0. The lowest BCUT2D eigenvalue weighted by molar-refractivity contribution is -0.121. The van der Waals surface area contributed by atoms with Gasteiger partial charge >= 0.3 is 0 Å². The third kappa shape index (κ3) is 7.18. The van der Waals surface area contributed by atoms with E-state index in [4.69, 9.17) is 11.6 Å². The molecule has 0 aromatic heterocycles. The smallest absolute Gasteiger partial charge is 0.244 e. The van der Waals surface area contributed by atoms with Crippen molar-refractivity contribution >= 4 is 29.1 Å². The molecule has 0 saturated carbocycles. The Labute approximate surface area is 152 Å². The van der Waals surface area contributed by atoms with Gasteiger partial charge in [-0.25, -0.2) is 5.43 Å². The van der Waals surface area contributed by atoms with Crippen LogP contribution in [0.2, 0.25) is 5.02 Å². The summed E-state index contributed by atoms with van der Waals surface area (Å²) >= 11 is 5.82. The number of amides is 2. The first-order valence-corrected chi connectivity index (χ1v) is 8.28. The number of nitrogens with one attached hydrogen (secondary N) is 2. The first-order valence-electron chi connectivity index (χ1n) is 7.90. The number of carbonyl (C=O) groups excluding carboxylic acids is 2. The summed E-state index contributed by atoms with van der Waals surface area (Å²) in [6.07, 6.45) is 0.375. The summed E-state index contributed by atoms with van der Waals surface area (Å²) in [7, 11) is 0. The Morgan fingerprint density at radius 3 is 2.32 bits per heavy atom. The fourth-order valence-electron chi connectivity index (χ4n) is 2.12. The largest absolute Gasteiger partial charge is 0.352 e. The fraction of sp³-hybridized carbons (Fsp3) is 0.211. The molecule has 0 bridgehead atoms. The molecule has 0 spiro atoms. The molecule has 0 heterocycles. The number of rotatable bonds is 7. The maximum absolute atomic E-state index is 11.9. The van der Waals surface area contributed by atoms with Crippen molar-refractivity contribution in [1.29, 1.82) is 0 Å². The maximum Gasteiger partial charge on any atom is 0.244 e. The molecule has 25 heavy (non-hydrogen) atoms. The highest BCUT2D eigenvalue weighted by atomic mass is 35.5. The van der Waals surface area contributed by atoms with Crippen molar-refractivity contribution in [2.75, 3.05) is 0 Å². The lowest BCUT2D eigenvalue weighted by Gasteiger charge is -2.06. The van der Waals surface area contributed by atoms with Gasteiger partial charge in [-0.15, -0.1) is 0 Å². The van der Waals surface area contributed by atoms with Crippen LogP contribution in [0.25, 0.3) is 0 Å². The van der Waals surface area contributed by atoms with Crippen LogP contribution in [0.15, 0.2) is 59.7 Å². The monoisotopic (exact) mass is 357 g/mol. The summed E-state index contributed by atoms with van der Waals surface area (Å²) in [5, 5.41) is 7.42. The van der Waals surface area contributed by atoms with E-state index in [0.717, 1.165) is 11.1 Å². The number of hydrogen-bond acceptors (Lipinski definition) is 3. The number of halogens is 1. The van der Waals surface area contributed by atoms with Crippen LogP contribution in [-0.2, 0) is 22.6 Å². The van der Waals surface area contributed by atoms with E-state index in [1.165, 1.54) is 0 Å². The van der Waals surface area contributed by atoms with E-state index in [-0.39, 0.29) is 24.7 Å². The molecule has 2 aromatic rings. The molecular formula is C19H20ClN3O2. The third-order valence-electron chi connectivity index (χ3n) is 3.40. The predicted octanol–water partition coefficient (Wildman–Crippen LogP) is 3.08. The number of carbonyl (C=O) groups is 2. The Balaban J connectivity index is 1.73. The standard InChI is InChI=1S/C19H20ClN3O2/c1-14(22-23-19(25)12-15-5-3-2-4-6-15)11-18(24)21-13-16-7-9-17(20)10-8-16/h2-10H,11-13H2,1H3,(H,21,24)(H,23,25)/b22-14-. The Hall–Kier alpha value is -2.66. The Kier molecular flexibility index (Phi) is 7.16. The van der Waals surface area contributed by atoms with Crippen LogP contribution in [-0.4, -0.2) is 17.5 Å². The topological polar surface area (TPSA) is 70.6 Å². The molecule has 2 N–H and O–H groups in total. The molecule has 2 aromatic carbocycles. The van der Waals surface area contributed by atoms with Crippen LogP contribution >= 0.6 is 11.6 Å². The summed E-state index contributed by atoms with van der Waals surface area (Å²) < 4.78 is 0. The molecule has 0 fully saturated rings. The lowest BCUT2D eigenvalue weighted by Crippen LogP contribution is -2.26. The highest BCUT2D eigenvalue weighted by Gasteiger charge is 2.06. The number of hydrazone groups is 1. The molecule has 6 heteroatoms. The SMILES string of the molecule is C/C(CC(=O)NCc1ccc(Cl)cc1)=N/NC(=O)Cc1ccccc1. The van der Waals surface area contributed by atoms with Gasteiger partial charge in [0.2, 0.25) is 11.8 Å². The van der Waals surface area contributed by atoms with Crippen molar-refractivity contribution in [1.82, 2.24) is 10.7 Å². The zero-order valence-corrected chi connectivity index (χ0v) is 14.7. The molecule has 0 aliphatic heterocycles. The molecule has 0 aliphatic rings. The van der Waals surface area contributed by atoms with Gasteiger partial charge in [-0.2, -0.15) is 5.10 Å². The van der Waals surface area contributed by atoms with Crippen LogP contribution in [0.4, 0.5) is 0 Å². The molecule has 0 unspecified atom stereocenters. The lowest BCUT2D eigenvalue weighted by atomic mass is 10.1. The number of benzene rings is 2. The first kappa shape index (κ1) is 18.7. The average molecular weight is 358 g/mol. The third-order valence-corrected chi connectivity index (χ3v) is 3.65. The van der Waals surface area contributed by atoms with Crippen LogP contribution in [0.1, 0.15) is 24.5 Å². The van der Waals surface area contributed by atoms with E-state index in [2.05, 4.69) is 15.8 Å². The van der Waals surface area contributed by atoms with E-state index < -0.39 is 0 Å². The van der Waals surface area contributed by atoms with Gasteiger partial charge in [-0.05, 0) is 30.2 Å². The Morgan fingerprint density at radius 2 is 1.64 bits per heavy atom. The quantitative estimate of drug-likeness (QED) is 0.590. The van der Waals surface area contributed by atoms with Gasteiger partial charge in [0.05, 0.1) is 12.8 Å². The van der Waals surface area contributed by atoms with Gasteiger partial charge in [0.15, 0.2) is 0 Å². The number of hydrogen-bond donors (Lipinski definition) is 2. The second kappa shape index (κ2) is 9.59. The predicted molar refractivity (Wildman–Crippen MR) is 99.3 cm³/mol. The van der Waals surface area contributed by atoms with Crippen molar-refractivity contribution in [3.63, 3.8) is 0 Å². The average Bonchev–Trinajstić information content (AvgIpc) is 2.60. The molecular weight excluding hydrogens is 338 g/mol. The second-order valence-electron chi connectivity index (χ2n) is 5.62. The van der Waals surface area contributed by atoms with Gasteiger partial charge in [0, 0.05) is 17.3 Å². The van der Waals surface area contributed by atoms with E-state index in [0.29, 0.717) is 17.3 Å². The minimum atomic E-state index is -0.216. The highest BCUT2D eigenvalue weighted by molar-refractivity contribution is 6.30. The van der Waals surface area contributed by atoms with E-state index in [9.17, 15) is 9.59 Å². The van der Waals surface area contributed by atoms with Gasteiger partial charge in [-0.1, -0.05) is 54.1 Å². The van der Waals surface area contributed by atoms with Crippen molar-refractivity contribution in [3.05, 3.63) is 70.7 Å². The molecule has 0 saturated heterocycles. The van der Waals surface area contributed by atoms with Crippen LogP contribution in [0.5, 0.6) is 0 Å². The summed E-state index contributed by atoms with van der Waals surface area (Å²) in [4.78, 5) is 23.7. The van der Waals surface area contributed by atoms with Gasteiger partial charge in [0.25, 0.3) is 0 Å². The Bertz CT molecular complexity index is 743. The summed E-state index contributed by atoms with van der Waals surface area (Å²) in [6, 6.07) is 16.7. The highest BCUT2D eigenvalue weighted by Crippen LogP contribution is 2.09. The second-order valence-corrected chi connectivity index (χ2v) is 6.06. The summed E-state index contributed by atoms with van der Waals surface area (Å²) in [6.45, 7) is 2.12. The van der Waals surface area contributed by atoms with Gasteiger partial charge < -0.3 is 5.32 Å². The van der Waals surface area contributed by atoms with E-state index >= 15 is 0 Å². The molecule has 0 atom stereocenters. The van der Waals surface area contributed by atoms with Crippen LogP contribution < -0.4 is 10.7 Å². The van der Waals surface area contributed by atoms with Gasteiger partial charge in [-0.3, -0.25) is 9.59 Å². The normalized spacial score (nSPS) is 11.0. The minimum Gasteiger partial charge on any atom is -0.352 e. The maximum atomic E-state index is 11.9. The van der Waals surface area contributed by atoms with Crippen LogP contribution in [0.3, 0.4) is 0 Å². The Morgan fingerprint density at radius 1 is 0.960 bits per heavy atom. The van der Waals surface area contributed by atoms with Crippen molar-refractivity contribution in [2.45, 2.75) is 26.3 Å². The molecule has 5 nitrogen and oxygen atoms in total. The molecule has 0 radical (unpaired) electrons. The van der Waals surface area contributed by atoms with E-state index in [1.54, 1.807) is 19.1 Å². The van der Waals surface area contributed by atoms with Crippen molar-refractivity contribution in [2.24, 2.45) is 5.10 Å². The first-order chi connectivity index (χ1) is 12.0.